The van der Waals surface area contributed by atoms with Crippen molar-refractivity contribution in [2.24, 2.45) is 0 Å². The minimum Gasteiger partial charge on any atom is -0.238 e. The molecule has 0 heterocycles. The zero-order valence-corrected chi connectivity index (χ0v) is 10.2. The van der Waals surface area contributed by atoms with Crippen LogP contribution in [-0.4, -0.2) is 0 Å². The third-order valence-electron chi connectivity index (χ3n) is 2.43. The van der Waals surface area contributed by atoms with Gasteiger partial charge < -0.3 is 0 Å². The van der Waals surface area contributed by atoms with Gasteiger partial charge in [0.15, 0.2) is 0 Å². The smallest absolute Gasteiger partial charge is 0.0682 e. The average molecular weight is 250 g/mol. The molecule has 3 heteroatoms. The molecule has 0 fully saturated rings. The van der Waals surface area contributed by atoms with Crippen molar-refractivity contribution < 1.29 is 0 Å². The van der Waals surface area contributed by atoms with Crippen molar-refractivity contribution in [3.8, 4) is 0 Å². The van der Waals surface area contributed by atoms with Gasteiger partial charge in [-0.05, 0) is 21.8 Å². The van der Waals surface area contributed by atoms with Crippen LogP contribution in [0.1, 0.15) is 17.2 Å². The summed E-state index contributed by atoms with van der Waals surface area (Å²) in [4.78, 5) is 0. The highest BCUT2D eigenvalue weighted by molar-refractivity contribution is 8.19. The van der Waals surface area contributed by atoms with Crippen molar-refractivity contribution in [1.82, 2.24) is 4.72 Å². The number of rotatable bonds is 4. The largest absolute Gasteiger partial charge is 0.238 e. The topological polar surface area (TPSA) is 12.0 Å². The SMILES string of the molecule is ClSNC(c1ccccc1)c1ccccc1. The van der Waals surface area contributed by atoms with E-state index in [1.807, 2.05) is 36.4 Å². The average Bonchev–Trinajstić information content (AvgIpc) is 2.38. The lowest BCUT2D eigenvalue weighted by Crippen LogP contribution is -2.14. The second-order valence-electron chi connectivity index (χ2n) is 3.45. The van der Waals surface area contributed by atoms with Crippen molar-refractivity contribution in [1.29, 1.82) is 0 Å². The second kappa shape index (κ2) is 5.94. The zero-order valence-electron chi connectivity index (χ0n) is 8.64. The standard InChI is InChI=1S/C13H12ClNS/c14-16-15-13(11-7-3-1-4-8-11)12-9-5-2-6-10-12/h1-10,13,15H. The summed E-state index contributed by atoms with van der Waals surface area (Å²) in [6.07, 6.45) is 0. The summed E-state index contributed by atoms with van der Waals surface area (Å²) >= 11 is 1.12. The Balaban J connectivity index is 2.31. The molecule has 16 heavy (non-hydrogen) atoms. The Morgan fingerprint density at radius 2 is 1.25 bits per heavy atom. The third kappa shape index (κ3) is 2.79. The molecule has 0 saturated carbocycles. The van der Waals surface area contributed by atoms with E-state index in [4.69, 9.17) is 10.7 Å². The highest BCUT2D eigenvalue weighted by Gasteiger charge is 2.12. The van der Waals surface area contributed by atoms with Gasteiger partial charge in [0, 0.05) is 11.2 Å². The van der Waals surface area contributed by atoms with E-state index in [-0.39, 0.29) is 6.04 Å². The quantitative estimate of drug-likeness (QED) is 0.817. The van der Waals surface area contributed by atoms with Crippen LogP contribution in [0.2, 0.25) is 0 Å². The fourth-order valence-corrected chi connectivity index (χ4v) is 2.29. The van der Waals surface area contributed by atoms with Gasteiger partial charge in [-0.1, -0.05) is 60.7 Å². The molecule has 0 bridgehead atoms. The summed E-state index contributed by atoms with van der Waals surface area (Å²) in [7, 11) is 5.70. The molecule has 0 saturated heterocycles. The number of halogens is 1. The first-order valence-corrected chi connectivity index (χ1v) is 6.69. The molecular formula is C13H12ClNS. The van der Waals surface area contributed by atoms with Gasteiger partial charge in [0.2, 0.25) is 0 Å². The van der Waals surface area contributed by atoms with Crippen molar-refractivity contribution in [3.63, 3.8) is 0 Å². The molecule has 2 rings (SSSR count). The fraction of sp³-hybridized carbons (Fsp3) is 0.0769. The first-order chi connectivity index (χ1) is 7.92. The predicted molar refractivity (Wildman–Crippen MR) is 71.3 cm³/mol. The Bertz CT molecular complexity index is 379. The van der Waals surface area contributed by atoms with Crippen molar-refractivity contribution in [2.45, 2.75) is 6.04 Å². The van der Waals surface area contributed by atoms with Gasteiger partial charge in [-0.15, -0.1) is 0 Å². The third-order valence-corrected chi connectivity index (χ3v) is 3.02. The van der Waals surface area contributed by atoms with E-state index in [0.29, 0.717) is 0 Å². The van der Waals surface area contributed by atoms with Gasteiger partial charge in [-0.25, -0.2) is 4.72 Å². The molecular weight excluding hydrogens is 238 g/mol. The fourth-order valence-electron chi connectivity index (χ4n) is 1.66. The van der Waals surface area contributed by atoms with Crippen LogP contribution in [0.15, 0.2) is 60.7 Å². The monoisotopic (exact) mass is 249 g/mol. The van der Waals surface area contributed by atoms with E-state index in [1.54, 1.807) is 0 Å². The minimum atomic E-state index is 0.130. The van der Waals surface area contributed by atoms with Gasteiger partial charge >= 0.3 is 0 Å². The van der Waals surface area contributed by atoms with Crippen LogP contribution in [-0.2, 0) is 0 Å². The summed E-state index contributed by atoms with van der Waals surface area (Å²) in [5, 5.41) is 0. The molecule has 0 aromatic heterocycles. The number of hydrogen-bond donors (Lipinski definition) is 1. The van der Waals surface area contributed by atoms with Gasteiger partial charge in [0.1, 0.15) is 0 Å². The Kier molecular flexibility index (Phi) is 4.28. The van der Waals surface area contributed by atoms with E-state index in [0.717, 1.165) is 11.2 Å². The Morgan fingerprint density at radius 1 is 0.812 bits per heavy atom. The molecule has 1 N–H and O–H groups in total. The normalized spacial score (nSPS) is 10.6. The maximum Gasteiger partial charge on any atom is 0.0682 e. The molecule has 0 aliphatic heterocycles. The number of benzene rings is 2. The van der Waals surface area contributed by atoms with Crippen LogP contribution in [0.25, 0.3) is 0 Å². The summed E-state index contributed by atoms with van der Waals surface area (Å²) in [5.74, 6) is 0. The predicted octanol–water partition coefficient (Wildman–Crippen LogP) is 4.17. The summed E-state index contributed by atoms with van der Waals surface area (Å²) < 4.78 is 3.20. The highest BCUT2D eigenvalue weighted by atomic mass is 35.7. The number of nitrogens with one attached hydrogen (secondary N) is 1. The summed E-state index contributed by atoms with van der Waals surface area (Å²) in [5.41, 5.74) is 2.42. The van der Waals surface area contributed by atoms with Crippen LogP contribution in [0, 0.1) is 0 Å². The van der Waals surface area contributed by atoms with Gasteiger partial charge in [-0.2, -0.15) is 0 Å². The highest BCUT2D eigenvalue weighted by Crippen LogP contribution is 2.24. The van der Waals surface area contributed by atoms with Gasteiger partial charge in [-0.3, -0.25) is 0 Å². The van der Waals surface area contributed by atoms with Gasteiger partial charge in [0.25, 0.3) is 0 Å². The molecule has 2 aromatic rings. The Labute approximate surface area is 104 Å². The molecule has 82 valence electrons. The maximum absolute atomic E-state index is 5.70. The molecule has 0 atom stereocenters. The Morgan fingerprint density at radius 3 is 1.62 bits per heavy atom. The van der Waals surface area contributed by atoms with Crippen LogP contribution >= 0.6 is 21.8 Å². The molecule has 0 spiro atoms. The van der Waals surface area contributed by atoms with Crippen LogP contribution in [0.4, 0.5) is 0 Å². The molecule has 0 aliphatic carbocycles. The molecule has 1 nitrogen and oxygen atoms in total. The van der Waals surface area contributed by atoms with Crippen LogP contribution in [0.3, 0.4) is 0 Å². The zero-order chi connectivity index (χ0) is 11.2. The lowest BCUT2D eigenvalue weighted by Gasteiger charge is -2.17. The van der Waals surface area contributed by atoms with E-state index in [2.05, 4.69) is 29.0 Å². The number of hydrogen-bond acceptors (Lipinski definition) is 2. The molecule has 0 amide bonds. The first-order valence-electron chi connectivity index (χ1n) is 5.05. The van der Waals surface area contributed by atoms with E-state index >= 15 is 0 Å². The minimum absolute atomic E-state index is 0.130. The van der Waals surface area contributed by atoms with E-state index in [1.165, 1.54) is 11.1 Å². The van der Waals surface area contributed by atoms with Crippen LogP contribution in [0.5, 0.6) is 0 Å². The molecule has 0 aliphatic rings. The molecule has 0 radical (unpaired) electrons. The molecule has 2 aromatic carbocycles. The maximum atomic E-state index is 5.70. The lowest BCUT2D eigenvalue weighted by atomic mass is 10.00. The van der Waals surface area contributed by atoms with Crippen LogP contribution < -0.4 is 4.72 Å². The molecule has 0 unspecified atom stereocenters. The second-order valence-corrected chi connectivity index (χ2v) is 4.30. The van der Waals surface area contributed by atoms with E-state index < -0.39 is 0 Å². The Hall–Kier alpha value is -0.960. The summed E-state index contributed by atoms with van der Waals surface area (Å²) in [6, 6.07) is 20.7. The van der Waals surface area contributed by atoms with Crippen molar-refractivity contribution in [2.75, 3.05) is 0 Å². The van der Waals surface area contributed by atoms with Gasteiger partial charge in [0.05, 0.1) is 6.04 Å². The van der Waals surface area contributed by atoms with E-state index in [9.17, 15) is 0 Å². The lowest BCUT2D eigenvalue weighted by molar-refractivity contribution is 0.807. The van der Waals surface area contributed by atoms with Crippen molar-refractivity contribution in [3.05, 3.63) is 71.8 Å². The summed E-state index contributed by atoms with van der Waals surface area (Å²) in [6.45, 7) is 0. The first kappa shape index (κ1) is 11.5. The van der Waals surface area contributed by atoms with Crippen molar-refractivity contribution >= 4 is 21.8 Å².